The van der Waals surface area contributed by atoms with E-state index in [1.807, 2.05) is 0 Å². The predicted molar refractivity (Wildman–Crippen MR) is 71.7 cm³/mol. The summed E-state index contributed by atoms with van der Waals surface area (Å²) in [4.78, 5) is 2.81. The van der Waals surface area contributed by atoms with Crippen LogP contribution in [0, 0.1) is 0 Å². The molecule has 2 rings (SSSR count). The van der Waals surface area contributed by atoms with E-state index in [0.717, 1.165) is 0 Å². The van der Waals surface area contributed by atoms with Gasteiger partial charge in [-0.3, -0.25) is 0 Å². The Kier molecular flexibility index (Phi) is 4.30. The third-order valence-corrected chi connectivity index (χ3v) is 3.86. The molecule has 0 saturated heterocycles. The Morgan fingerprint density at radius 3 is 2.74 bits per heavy atom. The lowest BCUT2D eigenvalue weighted by molar-refractivity contribution is -0.0361. The maximum absolute atomic E-state index is 13.2. The van der Waals surface area contributed by atoms with Gasteiger partial charge in [0.05, 0.1) is 11.6 Å². The quantitative estimate of drug-likeness (QED) is 0.500. The average Bonchev–Trinajstić information content (AvgIpc) is 2.39. The standard InChI is InChI=1S/C13H15ClFN3O/c14-10-3-1-2-9(8-10)12(17-18-16)13(19)6-4-11(15)5-7-13/h1-3,8,11-12,19H,4-7H2/t11-,12?,13+. The largest absolute Gasteiger partial charge is 0.389 e. The number of aliphatic hydroxyl groups is 1. The highest BCUT2D eigenvalue weighted by Crippen LogP contribution is 2.42. The van der Waals surface area contributed by atoms with Crippen molar-refractivity contribution in [1.29, 1.82) is 0 Å². The lowest BCUT2D eigenvalue weighted by atomic mass is 9.76. The third-order valence-electron chi connectivity index (χ3n) is 3.62. The molecule has 0 heterocycles. The Morgan fingerprint density at radius 2 is 2.16 bits per heavy atom. The van der Waals surface area contributed by atoms with Gasteiger partial charge < -0.3 is 5.11 Å². The van der Waals surface area contributed by atoms with Crippen LogP contribution in [0.1, 0.15) is 37.3 Å². The number of benzene rings is 1. The zero-order valence-corrected chi connectivity index (χ0v) is 11.1. The fourth-order valence-corrected chi connectivity index (χ4v) is 2.77. The van der Waals surface area contributed by atoms with E-state index >= 15 is 0 Å². The van der Waals surface area contributed by atoms with E-state index in [0.29, 0.717) is 10.6 Å². The first-order valence-corrected chi connectivity index (χ1v) is 6.59. The topological polar surface area (TPSA) is 69.0 Å². The number of nitrogens with zero attached hydrogens (tertiary/aromatic N) is 3. The fourth-order valence-electron chi connectivity index (χ4n) is 2.57. The van der Waals surface area contributed by atoms with Crippen LogP contribution >= 0.6 is 11.6 Å². The van der Waals surface area contributed by atoms with Crippen LogP contribution in [-0.4, -0.2) is 16.9 Å². The smallest absolute Gasteiger partial charge is 0.100 e. The number of hydrogen-bond donors (Lipinski definition) is 1. The Hall–Kier alpha value is -1.29. The Balaban J connectivity index is 2.32. The van der Waals surface area contributed by atoms with Gasteiger partial charge in [0.2, 0.25) is 0 Å². The van der Waals surface area contributed by atoms with Gasteiger partial charge in [0.15, 0.2) is 0 Å². The molecule has 1 aromatic carbocycles. The highest BCUT2D eigenvalue weighted by molar-refractivity contribution is 6.30. The molecular weight excluding hydrogens is 269 g/mol. The molecule has 1 aliphatic rings. The number of hydrogen-bond acceptors (Lipinski definition) is 2. The van der Waals surface area contributed by atoms with E-state index in [1.165, 1.54) is 0 Å². The third kappa shape index (κ3) is 3.18. The van der Waals surface area contributed by atoms with Gasteiger partial charge in [0, 0.05) is 9.93 Å². The van der Waals surface area contributed by atoms with Crippen LogP contribution < -0.4 is 0 Å². The highest BCUT2D eigenvalue weighted by Gasteiger charge is 2.40. The van der Waals surface area contributed by atoms with Gasteiger partial charge in [-0.15, -0.1) is 0 Å². The summed E-state index contributed by atoms with van der Waals surface area (Å²) in [7, 11) is 0. The molecule has 102 valence electrons. The second-order valence-corrected chi connectivity index (χ2v) is 5.38. The zero-order chi connectivity index (χ0) is 13.9. The Labute approximate surface area is 115 Å². The van der Waals surface area contributed by atoms with Crippen LogP contribution in [0.4, 0.5) is 4.39 Å². The first-order valence-electron chi connectivity index (χ1n) is 6.21. The summed E-state index contributed by atoms with van der Waals surface area (Å²) < 4.78 is 13.2. The van der Waals surface area contributed by atoms with Crippen LogP contribution in [0.5, 0.6) is 0 Å². The number of halogens is 2. The molecule has 0 spiro atoms. The molecule has 0 aromatic heterocycles. The van der Waals surface area contributed by atoms with Gasteiger partial charge in [-0.2, -0.15) is 0 Å². The normalized spacial score (nSPS) is 28.5. The van der Waals surface area contributed by atoms with Crippen molar-refractivity contribution in [3.8, 4) is 0 Å². The van der Waals surface area contributed by atoms with Gasteiger partial charge in [-0.25, -0.2) is 4.39 Å². The summed E-state index contributed by atoms with van der Waals surface area (Å²) >= 11 is 5.92. The Morgan fingerprint density at radius 1 is 1.47 bits per heavy atom. The summed E-state index contributed by atoms with van der Waals surface area (Å²) in [6.07, 6.45) is 0.254. The lowest BCUT2D eigenvalue weighted by Gasteiger charge is -2.38. The SMILES string of the molecule is [N-]=[N+]=NC(c1cccc(Cl)c1)[C@]1(O)CC[C@@H](F)CC1. The molecule has 6 heteroatoms. The zero-order valence-electron chi connectivity index (χ0n) is 10.3. The van der Waals surface area contributed by atoms with Crippen LogP contribution in [0.25, 0.3) is 10.4 Å². The van der Waals surface area contributed by atoms with Gasteiger partial charge in [-0.05, 0) is 48.9 Å². The van der Waals surface area contributed by atoms with Crippen molar-refractivity contribution in [3.63, 3.8) is 0 Å². The monoisotopic (exact) mass is 283 g/mol. The van der Waals surface area contributed by atoms with E-state index in [9.17, 15) is 9.50 Å². The molecule has 1 saturated carbocycles. The van der Waals surface area contributed by atoms with Crippen LogP contribution in [0.2, 0.25) is 5.02 Å². The van der Waals surface area contributed by atoms with Gasteiger partial charge in [0.1, 0.15) is 6.17 Å². The van der Waals surface area contributed by atoms with E-state index in [4.69, 9.17) is 17.1 Å². The lowest BCUT2D eigenvalue weighted by Crippen LogP contribution is -2.39. The fraction of sp³-hybridized carbons (Fsp3) is 0.538. The molecule has 19 heavy (non-hydrogen) atoms. The molecule has 0 radical (unpaired) electrons. The molecule has 1 unspecified atom stereocenters. The van der Waals surface area contributed by atoms with Gasteiger partial charge in [0.25, 0.3) is 0 Å². The van der Waals surface area contributed by atoms with Crippen molar-refractivity contribution in [2.45, 2.75) is 43.5 Å². The second kappa shape index (κ2) is 5.78. The molecule has 1 fully saturated rings. The summed E-state index contributed by atoms with van der Waals surface area (Å²) in [5, 5.41) is 14.9. The molecule has 4 nitrogen and oxygen atoms in total. The first-order chi connectivity index (χ1) is 9.05. The van der Waals surface area contributed by atoms with Crippen molar-refractivity contribution < 1.29 is 9.50 Å². The van der Waals surface area contributed by atoms with Gasteiger partial charge in [-0.1, -0.05) is 28.8 Å². The summed E-state index contributed by atoms with van der Waals surface area (Å²) in [6, 6.07) is 6.14. The van der Waals surface area contributed by atoms with E-state index in [2.05, 4.69) is 10.0 Å². The van der Waals surface area contributed by atoms with Crippen LogP contribution in [0.15, 0.2) is 29.4 Å². The van der Waals surface area contributed by atoms with Crippen LogP contribution in [-0.2, 0) is 0 Å². The van der Waals surface area contributed by atoms with Gasteiger partial charge >= 0.3 is 0 Å². The minimum absolute atomic E-state index is 0.282. The van der Waals surface area contributed by atoms with E-state index in [-0.39, 0.29) is 25.7 Å². The molecule has 1 aliphatic carbocycles. The molecule has 1 aromatic rings. The minimum Gasteiger partial charge on any atom is -0.389 e. The number of rotatable bonds is 3. The van der Waals surface area contributed by atoms with Crippen LogP contribution in [0.3, 0.4) is 0 Å². The maximum atomic E-state index is 13.2. The maximum Gasteiger partial charge on any atom is 0.100 e. The molecular formula is C13H15ClFN3O. The molecule has 0 amide bonds. The van der Waals surface area contributed by atoms with Crippen molar-refractivity contribution in [3.05, 3.63) is 45.3 Å². The predicted octanol–water partition coefficient (Wildman–Crippen LogP) is 4.33. The summed E-state index contributed by atoms with van der Waals surface area (Å²) in [5.74, 6) is 0. The minimum atomic E-state index is -1.19. The van der Waals surface area contributed by atoms with Crippen molar-refractivity contribution >= 4 is 11.6 Å². The number of alkyl halides is 1. The molecule has 0 aliphatic heterocycles. The average molecular weight is 284 g/mol. The summed E-state index contributed by atoms with van der Waals surface area (Å²) in [6.45, 7) is 0. The molecule has 1 N–H and O–H groups in total. The molecule has 0 bridgehead atoms. The first kappa shape index (κ1) is 14.1. The van der Waals surface area contributed by atoms with E-state index < -0.39 is 17.8 Å². The number of azide groups is 1. The Bertz CT molecular complexity index is 496. The molecule has 1 atom stereocenters. The highest BCUT2D eigenvalue weighted by atomic mass is 35.5. The summed E-state index contributed by atoms with van der Waals surface area (Å²) in [5.41, 5.74) is 8.17. The van der Waals surface area contributed by atoms with Crippen molar-refractivity contribution in [2.75, 3.05) is 0 Å². The van der Waals surface area contributed by atoms with Crippen molar-refractivity contribution in [1.82, 2.24) is 0 Å². The van der Waals surface area contributed by atoms with Crippen molar-refractivity contribution in [2.24, 2.45) is 5.11 Å². The second-order valence-electron chi connectivity index (χ2n) is 4.94. The van der Waals surface area contributed by atoms with E-state index in [1.54, 1.807) is 24.3 Å².